The number of hydrogen-bond acceptors (Lipinski definition) is 5. The Morgan fingerprint density at radius 2 is 2.03 bits per heavy atom. The van der Waals surface area contributed by atoms with Crippen LogP contribution in [0.15, 0.2) is 40.1 Å². The molecule has 1 aliphatic rings. The highest BCUT2D eigenvalue weighted by Gasteiger charge is 2.29. The molecule has 0 saturated heterocycles. The first kappa shape index (κ1) is 20.0. The zero-order valence-corrected chi connectivity index (χ0v) is 17.3. The summed E-state index contributed by atoms with van der Waals surface area (Å²) >= 11 is 0. The third-order valence-corrected chi connectivity index (χ3v) is 5.24. The van der Waals surface area contributed by atoms with E-state index in [1.165, 1.54) is 4.57 Å². The Morgan fingerprint density at radius 1 is 1.27 bits per heavy atom. The molecular formula is C22H25N5O3. The van der Waals surface area contributed by atoms with E-state index >= 15 is 0 Å². The molecule has 0 aromatic carbocycles. The van der Waals surface area contributed by atoms with E-state index in [0.717, 1.165) is 24.2 Å². The van der Waals surface area contributed by atoms with E-state index in [1.54, 1.807) is 12.3 Å². The van der Waals surface area contributed by atoms with E-state index in [0.29, 0.717) is 6.54 Å². The molecule has 8 heteroatoms. The number of carbonyl (C=O) groups excluding carboxylic acids is 1. The van der Waals surface area contributed by atoms with Crippen molar-refractivity contribution in [3.05, 3.63) is 68.3 Å². The fourth-order valence-electron chi connectivity index (χ4n) is 3.58. The van der Waals surface area contributed by atoms with Gasteiger partial charge >= 0.3 is 5.69 Å². The molecule has 30 heavy (non-hydrogen) atoms. The van der Waals surface area contributed by atoms with Crippen LogP contribution in [0.25, 0.3) is 11.0 Å². The summed E-state index contributed by atoms with van der Waals surface area (Å²) in [5.74, 6) is 0.0448. The van der Waals surface area contributed by atoms with E-state index in [2.05, 4.69) is 20.3 Å². The van der Waals surface area contributed by atoms with Gasteiger partial charge < -0.3 is 5.32 Å². The zero-order chi connectivity index (χ0) is 21.4. The van der Waals surface area contributed by atoms with Gasteiger partial charge in [0, 0.05) is 24.4 Å². The van der Waals surface area contributed by atoms with E-state index in [4.69, 9.17) is 0 Å². The summed E-state index contributed by atoms with van der Waals surface area (Å²) in [5, 5.41) is 3.07. The predicted molar refractivity (Wildman–Crippen MR) is 114 cm³/mol. The lowest BCUT2D eigenvalue weighted by molar-refractivity contribution is 0.0940. The second-order valence-electron chi connectivity index (χ2n) is 8.28. The number of amides is 1. The summed E-state index contributed by atoms with van der Waals surface area (Å²) in [5.41, 5.74) is 0.883. The van der Waals surface area contributed by atoms with Crippen LogP contribution in [0, 0.1) is 5.92 Å². The molecule has 2 N–H and O–H groups in total. The molecule has 4 rings (SSSR count). The van der Waals surface area contributed by atoms with Crippen molar-refractivity contribution in [1.29, 1.82) is 0 Å². The monoisotopic (exact) mass is 407 g/mol. The quantitative estimate of drug-likeness (QED) is 0.652. The zero-order valence-electron chi connectivity index (χ0n) is 17.3. The molecule has 3 aromatic rings. The van der Waals surface area contributed by atoms with Crippen LogP contribution < -0.4 is 16.6 Å². The number of aromatic amines is 1. The second kappa shape index (κ2) is 7.85. The Bertz CT molecular complexity index is 1210. The Hall–Kier alpha value is -3.29. The lowest BCUT2D eigenvalue weighted by Crippen LogP contribution is -2.35. The summed E-state index contributed by atoms with van der Waals surface area (Å²) in [6.07, 6.45) is 3.64. The second-order valence-corrected chi connectivity index (χ2v) is 8.28. The first-order chi connectivity index (χ1) is 14.3. The van der Waals surface area contributed by atoms with E-state index in [9.17, 15) is 14.4 Å². The van der Waals surface area contributed by atoms with Crippen molar-refractivity contribution in [3.8, 4) is 0 Å². The molecule has 0 radical (unpaired) electrons. The topological polar surface area (TPSA) is 110 Å². The van der Waals surface area contributed by atoms with Crippen molar-refractivity contribution in [1.82, 2.24) is 24.8 Å². The fourth-order valence-corrected chi connectivity index (χ4v) is 3.58. The van der Waals surface area contributed by atoms with Crippen molar-refractivity contribution >= 4 is 16.9 Å². The number of nitrogens with zero attached hydrogens (tertiary/aromatic N) is 3. The lowest BCUT2D eigenvalue weighted by atomic mass is 10.1. The predicted octanol–water partition coefficient (Wildman–Crippen LogP) is 2.50. The van der Waals surface area contributed by atoms with Gasteiger partial charge in [-0.3, -0.25) is 24.1 Å². The molecular weight excluding hydrogens is 382 g/mol. The summed E-state index contributed by atoms with van der Waals surface area (Å²) in [6, 6.07) is 6.85. The van der Waals surface area contributed by atoms with Crippen LogP contribution >= 0.6 is 0 Å². The van der Waals surface area contributed by atoms with Gasteiger partial charge in [-0.15, -0.1) is 0 Å². The Morgan fingerprint density at radius 3 is 2.67 bits per heavy atom. The van der Waals surface area contributed by atoms with Gasteiger partial charge in [0.15, 0.2) is 5.65 Å². The van der Waals surface area contributed by atoms with Crippen LogP contribution in [0.4, 0.5) is 0 Å². The molecule has 1 fully saturated rings. The average Bonchev–Trinajstić information content (AvgIpc) is 3.56. The number of carbonyl (C=O) groups is 1. The molecule has 0 spiro atoms. The fraction of sp³-hybridized carbons (Fsp3) is 0.409. The number of rotatable bonds is 6. The molecule has 1 amide bonds. The van der Waals surface area contributed by atoms with Gasteiger partial charge in [0.25, 0.3) is 11.5 Å². The lowest BCUT2D eigenvalue weighted by Gasteiger charge is -2.17. The average molecular weight is 407 g/mol. The van der Waals surface area contributed by atoms with Crippen molar-refractivity contribution in [2.75, 3.05) is 0 Å². The largest absolute Gasteiger partial charge is 0.344 e. The third kappa shape index (κ3) is 3.90. The SMILES string of the molecule is CC(C)Cn1c(=O)[nH]c(=O)c2c(C(=O)N[C@H](C)c3ccccn3)cc(C3CC3)nc21. The number of nitrogens with one attached hydrogen (secondary N) is 2. The highest BCUT2D eigenvalue weighted by atomic mass is 16.2. The van der Waals surface area contributed by atoms with Crippen LogP contribution in [0.3, 0.4) is 0 Å². The first-order valence-corrected chi connectivity index (χ1v) is 10.2. The van der Waals surface area contributed by atoms with Crippen LogP contribution in [0.5, 0.6) is 0 Å². The molecule has 0 bridgehead atoms. The highest BCUT2D eigenvalue weighted by molar-refractivity contribution is 6.05. The number of aromatic nitrogens is 4. The van der Waals surface area contributed by atoms with Crippen molar-refractivity contribution in [2.24, 2.45) is 5.92 Å². The smallest absolute Gasteiger partial charge is 0.330 e. The van der Waals surface area contributed by atoms with Gasteiger partial charge in [-0.05, 0) is 43.9 Å². The maximum absolute atomic E-state index is 13.2. The third-order valence-electron chi connectivity index (χ3n) is 5.24. The normalized spacial score (nSPS) is 14.8. The molecule has 1 atom stereocenters. The minimum absolute atomic E-state index is 0.144. The van der Waals surface area contributed by atoms with Gasteiger partial charge in [0.1, 0.15) is 0 Å². The molecule has 3 aromatic heterocycles. The van der Waals surface area contributed by atoms with E-state index in [1.807, 2.05) is 39.0 Å². The summed E-state index contributed by atoms with van der Waals surface area (Å²) in [6.45, 7) is 6.20. The van der Waals surface area contributed by atoms with Crippen LogP contribution in [-0.4, -0.2) is 25.4 Å². The summed E-state index contributed by atoms with van der Waals surface area (Å²) < 4.78 is 1.46. The van der Waals surface area contributed by atoms with Gasteiger partial charge in [0.05, 0.1) is 22.7 Å². The molecule has 8 nitrogen and oxygen atoms in total. The summed E-state index contributed by atoms with van der Waals surface area (Å²) in [4.78, 5) is 49.7. The number of fused-ring (bicyclic) bond motifs is 1. The molecule has 3 heterocycles. The number of hydrogen-bond donors (Lipinski definition) is 2. The Kier molecular flexibility index (Phi) is 5.24. The molecule has 0 unspecified atom stereocenters. The highest BCUT2D eigenvalue weighted by Crippen LogP contribution is 2.40. The van der Waals surface area contributed by atoms with Crippen molar-refractivity contribution < 1.29 is 4.79 Å². The van der Waals surface area contributed by atoms with Crippen LogP contribution in [0.2, 0.25) is 0 Å². The minimum atomic E-state index is -0.597. The van der Waals surface area contributed by atoms with Gasteiger partial charge in [-0.25, -0.2) is 9.78 Å². The van der Waals surface area contributed by atoms with Gasteiger partial charge in [-0.2, -0.15) is 0 Å². The number of H-pyrrole nitrogens is 1. The van der Waals surface area contributed by atoms with Crippen LogP contribution in [-0.2, 0) is 6.54 Å². The minimum Gasteiger partial charge on any atom is -0.344 e. The Labute approximate surface area is 173 Å². The van der Waals surface area contributed by atoms with Gasteiger partial charge in [0.2, 0.25) is 0 Å². The Balaban J connectivity index is 1.85. The molecule has 156 valence electrons. The standard InChI is InChI=1S/C22H25N5O3/c1-12(2)11-27-19-18(21(29)26-22(27)30)15(10-17(25-19)14-7-8-14)20(28)24-13(3)16-6-4-5-9-23-16/h4-6,9-10,12-14H,7-8,11H2,1-3H3,(H,24,28)(H,26,29,30)/t13-/m1/s1. The van der Waals surface area contributed by atoms with E-state index < -0.39 is 11.2 Å². The van der Waals surface area contributed by atoms with Crippen molar-refractivity contribution in [2.45, 2.75) is 52.1 Å². The van der Waals surface area contributed by atoms with E-state index in [-0.39, 0.29) is 40.4 Å². The maximum atomic E-state index is 13.2. The molecule has 0 aliphatic heterocycles. The summed E-state index contributed by atoms with van der Waals surface area (Å²) in [7, 11) is 0. The van der Waals surface area contributed by atoms with Crippen LogP contribution in [0.1, 0.15) is 67.3 Å². The molecule has 1 saturated carbocycles. The first-order valence-electron chi connectivity index (χ1n) is 10.2. The maximum Gasteiger partial charge on any atom is 0.330 e. The van der Waals surface area contributed by atoms with Crippen molar-refractivity contribution in [3.63, 3.8) is 0 Å². The van der Waals surface area contributed by atoms with Gasteiger partial charge in [-0.1, -0.05) is 19.9 Å². The molecule has 1 aliphatic carbocycles. The number of pyridine rings is 2.